The van der Waals surface area contributed by atoms with Gasteiger partial charge >= 0.3 is 12.2 Å². The molecule has 0 radical (unpaired) electrons. The molecule has 1 aliphatic rings. The number of rotatable bonds is 2. The Bertz CT molecular complexity index is 425. The van der Waals surface area contributed by atoms with Crippen LogP contribution >= 0.6 is 0 Å². The number of amides is 2. The lowest BCUT2D eigenvalue weighted by Gasteiger charge is -2.38. The molecule has 0 spiro atoms. The molecule has 1 heterocycles. The minimum Gasteiger partial charge on any atom is -0.444 e. The molecule has 0 aromatic rings. The van der Waals surface area contributed by atoms with Crippen LogP contribution in [0, 0.1) is 5.92 Å². The maximum atomic E-state index is 12.1. The Morgan fingerprint density at radius 2 is 1.70 bits per heavy atom. The Kier molecular flexibility index (Phi) is 6.27. The van der Waals surface area contributed by atoms with Gasteiger partial charge in [0.25, 0.3) is 0 Å². The molecular weight excluding hydrogens is 300 g/mol. The number of piperidine rings is 1. The molecule has 0 bridgehead atoms. The smallest absolute Gasteiger partial charge is 0.410 e. The van der Waals surface area contributed by atoms with Gasteiger partial charge in [0.1, 0.15) is 11.2 Å². The Morgan fingerprint density at radius 3 is 2.17 bits per heavy atom. The number of ether oxygens (including phenoxy) is 2. The molecule has 134 valence electrons. The van der Waals surface area contributed by atoms with Crippen LogP contribution in [0.1, 0.15) is 48.0 Å². The first-order chi connectivity index (χ1) is 10.4. The van der Waals surface area contributed by atoms with E-state index in [0.29, 0.717) is 19.5 Å². The molecule has 7 heteroatoms. The summed E-state index contributed by atoms with van der Waals surface area (Å²) in [7, 11) is 0. The van der Waals surface area contributed by atoms with E-state index in [0.717, 1.165) is 0 Å². The highest BCUT2D eigenvalue weighted by molar-refractivity contribution is 5.69. The van der Waals surface area contributed by atoms with Crippen molar-refractivity contribution in [1.29, 1.82) is 0 Å². The number of carbonyl (C=O) groups is 2. The molecule has 2 amide bonds. The summed E-state index contributed by atoms with van der Waals surface area (Å²) in [6.45, 7) is 11.5. The van der Waals surface area contributed by atoms with Crippen LogP contribution in [-0.4, -0.2) is 59.1 Å². The molecule has 23 heavy (non-hydrogen) atoms. The summed E-state index contributed by atoms with van der Waals surface area (Å²) in [6.07, 6.45) is -0.359. The van der Waals surface area contributed by atoms with Crippen molar-refractivity contribution in [3.63, 3.8) is 0 Å². The second-order valence-electron chi connectivity index (χ2n) is 7.91. The molecule has 0 aliphatic carbocycles. The van der Waals surface area contributed by atoms with Crippen LogP contribution < -0.4 is 5.32 Å². The first-order valence-corrected chi connectivity index (χ1v) is 7.99. The number of alkyl carbamates (subject to hydrolysis) is 1. The number of aliphatic hydroxyl groups is 1. The Balaban J connectivity index is 2.59. The zero-order valence-electron chi connectivity index (χ0n) is 15.0. The molecule has 2 atom stereocenters. The van der Waals surface area contributed by atoms with Crippen LogP contribution in [0.5, 0.6) is 0 Å². The lowest BCUT2D eigenvalue weighted by atomic mass is 9.93. The van der Waals surface area contributed by atoms with Crippen molar-refractivity contribution < 1.29 is 24.2 Å². The summed E-state index contributed by atoms with van der Waals surface area (Å²) < 4.78 is 10.6. The van der Waals surface area contributed by atoms with Crippen molar-refractivity contribution in [3.05, 3.63) is 0 Å². The van der Waals surface area contributed by atoms with Gasteiger partial charge in [-0.15, -0.1) is 0 Å². The average molecular weight is 330 g/mol. The maximum absolute atomic E-state index is 12.1. The normalized spacial score (nSPS) is 22.5. The number of nitrogens with one attached hydrogen (secondary N) is 1. The van der Waals surface area contributed by atoms with E-state index in [1.54, 1.807) is 25.7 Å². The number of hydrogen-bond acceptors (Lipinski definition) is 5. The fraction of sp³-hybridized carbons (Fsp3) is 0.875. The Morgan fingerprint density at radius 1 is 1.13 bits per heavy atom. The number of nitrogens with zero attached hydrogens (tertiary/aromatic N) is 1. The van der Waals surface area contributed by atoms with Crippen molar-refractivity contribution in [2.75, 3.05) is 19.7 Å². The first kappa shape index (κ1) is 19.5. The van der Waals surface area contributed by atoms with Gasteiger partial charge in [-0.1, -0.05) is 0 Å². The third-order valence-corrected chi connectivity index (χ3v) is 3.32. The largest absolute Gasteiger partial charge is 0.444 e. The average Bonchev–Trinajstić information content (AvgIpc) is 2.34. The lowest BCUT2D eigenvalue weighted by molar-refractivity contribution is 0.00643. The summed E-state index contributed by atoms with van der Waals surface area (Å²) >= 11 is 0. The van der Waals surface area contributed by atoms with Crippen molar-refractivity contribution in [1.82, 2.24) is 10.2 Å². The minimum atomic E-state index is -0.573. The van der Waals surface area contributed by atoms with Crippen LogP contribution in [0.3, 0.4) is 0 Å². The molecule has 0 unspecified atom stereocenters. The molecule has 0 aromatic heterocycles. The van der Waals surface area contributed by atoms with Gasteiger partial charge in [-0.2, -0.15) is 0 Å². The van der Waals surface area contributed by atoms with E-state index in [2.05, 4.69) is 5.32 Å². The van der Waals surface area contributed by atoms with E-state index in [9.17, 15) is 14.7 Å². The summed E-state index contributed by atoms with van der Waals surface area (Å²) in [5, 5.41) is 12.4. The third-order valence-electron chi connectivity index (χ3n) is 3.32. The van der Waals surface area contributed by atoms with Gasteiger partial charge < -0.3 is 24.8 Å². The fourth-order valence-electron chi connectivity index (χ4n) is 2.36. The minimum absolute atomic E-state index is 0.125. The quantitative estimate of drug-likeness (QED) is 0.810. The van der Waals surface area contributed by atoms with E-state index in [4.69, 9.17) is 9.47 Å². The highest BCUT2D eigenvalue weighted by Crippen LogP contribution is 2.20. The predicted molar refractivity (Wildman–Crippen MR) is 86.2 cm³/mol. The van der Waals surface area contributed by atoms with Gasteiger partial charge in [0.15, 0.2) is 0 Å². The number of aliphatic hydroxyl groups excluding tert-OH is 1. The third kappa shape index (κ3) is 7.07. The van der Waals surface area contributed by atoms with Crippen molar-refractivity contribution in [2.24, 2.45) is 5.92 Å². The predicted octanol–water partition coefficient (Wildman–Crippen LogP) is 2.13. The summed E-state index contributed by atoms with van der Waals surface area (Å²) in [5.41, 5.74) is -1.13. The lowest BCUT2D eigenvalue weighted by Crippen LogP contribution is -2.54. The standard InChI is InChI=1S/C16H30N2O5/c1-15(2,3)22-13(20)17-12-7-8-18(9-11(12)10-19)14(21)23-16(4,5)6/h11-12,19H,7-10H2,1-6H3,(H,17,20)/t11-,12+/m0/s1. The molecule has 1 saturated heterocycles. The zero-order valence-corrected chi connectivity index (χ0v) is 15.0. The summed E-state index contributed by atoms with van der Waals surface area (Å²) in [5.74, 6) is -0.246. The van der Waals surface area contributed by atoms with Gasteiger partial charge in [-0.05, 0) is 48.0 Å². The molecule has 1 aliphatic heterocycles. The first-order valence-electron chi connectivity index (χ1n) is 7.99. The van der Waals surface area contributed by atoms with Crippen molar-refractivity contribution >= 4 is 12.2 Å². The number of hydrogen-bond donors (Lipinski definition) is 2. The van der Waals surface area contributed by atoms with E-state index < -0.39 is 23.4 Å². The van der Waals surface area contributed by atoms with Crippen LogP contribution in [-0.2, 0) is 9.47 Å². The maximum Gasteiger partial charge on any atom is 0.410 e. The SMILES string of the molecule is CC(C)(C)OC(=O)N[C@@H]1CCN(C(=O)OC(C)(C)C)C[C@H]1CO. The highest BCUT2D eigenvalue weighted by atomic mass is 16.6. The zero-order chi connectivity index (χ0) is 17.8. The van der Waals surface area contributed by atoms with Gasteiger partial charge in [0.2, 0.25) is 0 Å². The summed E-state index contributed by atoms with van der Waals surface area (Å²) in [4.78, 5) is 25.5. The molecule has 0 saturated carbocycles. The van der Waals surface area contributed by atoms with Crippen LogP contribution in [0.15, 0.2) is 0 Å². The van der Waals surface area contributed by atoms with E-state index in [-0.39, 0.29) is 18.6 Å². The molecule has 7 nitrogen and oxygen atoms in total. The number of likely N-dealkylation sites (tertiary alicyclic amines) is 1. The van der Waals surface area contributed by atoms with E-state index in [1.165, 1.54) is 0 Å². The molecule has 0 aromatic carbocycles. The second kappa shape index (κ2) is 7.38. The van der Waals surface area contributed by atoms with Crippen molar-refractivity contribution in [3.8, 4) is 0 Å². The van der Waals surface area contributed by atoms with Gasteiger partial charge in [0, 0.05) is 31.7 Å². The van der Waals surface area contributed by atoms with Crippen LogP contribution in [0.25, 0.3) is 0 Å². The van der Waals surface area contributed by atoms with Gasteiger partial charge in [-0.3, -0.25) is 0 Å². The molecule has 2 N–H and O–H groups in total. The van der Waals surface area contributed by atoms with Crippen molar-refractivity contribution in [2.45, 2.75) is 65.2 Å². The monoisotopic (exact) mass is 330 g/mol. The molecule has 1 fully saturated rings. The fourth-order valence-corrected chi connectivity index (χ4v) is 2.36. The van der Waals surface area contributed by atoms with E-state index in [1.807, 2.05) is 20.8 Å². The van der Waals surface area contributed by atoms with E-state index >= 15 is 0 Å². The number of carbonyl (C=O) groups excluding carboxylic acids is 2. The highest BCUT2D eigenvalue weighted by Gasteiger charge is 2.34. The second-order valence-corrected chi connectivity index (χ2v) is 7.91. The molecular formula is C16H30N2O5. The Labute approximate surface area is 138 Å². The van der Waals surface area contributed by atoms with Gasteiger partial charge in [0.05, 0.1) is 0 Å². The molecule has 1 rings (SSSR count). The van der Waals surface area contributed by atoms with Crippen LogP contribution in [0.4, 0.5) is 9.59 Å². The van der Waals surface area contributed by atoms with Gasteiger partial charge in [-0.25, -0.2) is 9.59 Å². The Hall–Kier alpha value is -1.50. The topological polar surface area (TPSA) is 88.1 Å². The van der Waals surface area contributed by atoms with Crippen LogP contribution in [0.2, 0.25) is 0 Å². The summed E-state index contributed by atoms with van der Waals surface area (Å²) in [6, 6.07) is -0.228.